The summed E-state index contributed by atoms with van der Waals surface area (Å²) >= 11 is 0. The smallest absolute Gasteiger partial charge is 0.292 e. The third kappa shape index (κ3) is 3.29. The summed E-state index contributed by atoms with van der Waals surface area (Å²) in [5.74, 6) is -1.10. The van der Waals surface area contributed by atoms with Gasteiger partial charge < -0.3 is 5.32 Å². The van der Waals surface area contributed by atoms with Crippen LogP contribution in [0.15, 0.2) is 42.7 Å². The van der Waals surface area contributed by atoms with Crippen molar-refractivity contribution in [2.24, 2.45) is 0 Å². The van der Waals surface area contributed by atoms with E-state index in [4.69, 9.17) is 0 Å². The normalized spacial score (nSPS) is 10.1. The highest BCUT2D eigenvalue weighted by Crippen LogP contribution is 2.10. The number of benzene rings is 1. The van der Waals surface area contributed by atoms with Gasteiger partial charge in [-0.25, -0.2) is 0 Å². The summed E-state index contributed by atoms with van der Waals surface area (Å²) in [6.07, 6.45) is 3.29. The first-order chi connectivity index (χ1) is 9.58. The Balaban J connectivity index is 2.02. The minimum atomic E-state index is -0.593. The summed E-state index contributed by atoms with van der Waals surface area (Å²) in [5.41, 5.74) is 3.41. The Labute approximate surface area is 117 Å². The van der Waals surface area contributed by atoms with E-state index in [1.807, 2.05) is 19.9 Å². The predicted octanol–water partition coefficient (Wildman–Crippen LogP) is 2.20. The fourth-order valence-electron chi connectivity index (χ4n) is 1.78. The van der Waals surface area contributed by atoms with Crippen LogP contribution in [0.4, 0.5) is 0 Å². The Kier molecular flexibility index (Phi) is 4.25. The Hall–Kier alpha value is -2.49. The number of Topliss-reactive ketones (excluding diaryl/α,β-unsaturated/α-hetero) is 1. The van der Waals surface area contributed by atoms with Crippen LogP contribution >= 0.6 is 0 Å². The molecular formula is C16H16N2O2. The fraction of sp³-hybridized carbons (Fsp3) is 0.188. The number of ketones is 1. The molecule has 102 valence electrons. The Bertz CT molecular complexity index is 636. The minimum Gasteiger partial charge on any atom is -0.345 e. The zero-order valence-corrected chi connectivity index (χ0v) is 11.5. The van der Waals surface area contributed by atoms with E-state index in [9.17, 15) is 9.59 Å². The van der Waals surface area contributed by atoms with Gasteiger partial charge in [-0.05, 0) is 48.7 Å². The molecule has 0 saturated heterocycles. The monoisotopic (exact) mass is 268 g/mol. The second kappa shape index (κ2) is 6.10. The minimum absolute atomic E-state index is 0.317. The van der Waals surface area contributed by atoms with E-state index in [0.29, 0.717) is 12.1 Å². The van der Waals surface area contributed by atoms with Crippen LogP contribution in [0.5, 0.6) is 0 Å². The number of rotatable bonds is 4. The van der Waals surface area contributed by atoms with Crippen LogP contribution in [0.1, 0.15) is 27.0 Å². The Morgan fingerprint density at radius 2 is 1.75 bits per heavy atom. The van der Waals surface area contributed by atoms with E-state index in [1.165, 1.54) is 0 Å². The third-order valence-electron chi connectivity index (χ3n) is 3.18. The molecule has 0 aliphatic carbocycles. The van der Waals surface area contributed by atoms with Gasteiger partial charge in [0.2, 0.25) is 5.78 Å². The molecule has 1 N–H and O–H groups in total. The van der Waals surface area contributed by atoms with Crippen molar-refractivity contribution >= 4 is 11.7 Å². The van der Waals surface area contributed by atoms with E-state index in [1.54, 1.807) is 36.7 Å². The molecule has 0 aliphatic rings. The average molecular weight is 268 g/mol. The Morgan fingerprint density at radius 3 is 2.40 bits per heavy atom. The summed E-state index contributed by atoms with van der Waals surface area (Å²) in [6, 6.07) is 8.85. The molecule has 4 nitrogen and oxygen atoms in total. The highest BCUT2D eigenvalue weighted by Gasteiger charge is 2.16. The van der Waals surface area contributed by atoms with Gasteiger partial charge in [0, 0.05) is 24.5 Å². The number of hydrogen-bond acceptors (Lipinski definition) is 3. The highest BCUT2D eigenvalue weighted by atomic mass is 16.2. The molecule has 0 radical (unpaired) electrons. The van der Waals surface area contributed by atoms with Crippen molar-refractivity contribution in [3.05, 3.63) is 65.0 Å². The first-order valence-electron chi connectivity index (χ1n) is 6.36. The maximum Gasteiger partial charge on any atom is 0.292 e. The topological polar surface area (TPSA) is 59.1 Å². The number of nitrogens with one attached hydrogen (secondary N) is 1. The van der Waals surface area contributed by atoms with E-state index >= 15 is 0 Å². The van der Waals surface area contributed by atoms with Crippen molar-refractivity contribution in [3.63, 3.8) is 0 Å². The lowest BCUT2D eigenvalue weighted by molar-refractivity contribution is -0.117. The summed E-state index contributed by atoms with van der Waals surface area (Å²) < 4.78 is 0. The molecule has 1 aromatic heterocycles. The van der Waals surface area contributed by atoms with Crippen molar-refractivity contribution < 1.29 is 9.59 Å². The quantitative estimate of drug-likeness (QED) is 0.683. The highest BCUT2D eigenvalue weighted by molar-refractivity contribution is 6.42. The number of aromatic nitrogens is 1. The van der Waals surface area contributed by atoms with E-state index < -0.39 is 11.7 Å². The molecule has 0 atom stereocenters. The lowest BCUT2D eigenvalue weighted by Crippen LogP contribution is -2.30. The van der Waals surface area contributed by atoms with Crippen LogP contribution in [0.3, 0.4) is 0 Å². The van der Waals surface area contributed by atoms with Crippen molar-refractivity contribution in [2.75, 3.05) is 0 Å². The molecule has 2 rings (SSSR count). The molecule has 1 amide bonds. The van der Waals surface area contributed by atoms with Gasteiger partial charge in [-0.2, -0.15) is 0 Å². The number of amides is 1. The predicted molar refractivity (Wildman–Crippen MR) is 76.3 cm³/mol. The SMILES string of the molecule is Cc1ccc(C(=O)C(=O)NCc2ccncc2)cc1C. The number of carbonyl (C=O) groups excluding carboxylic acids is 2. The molecule has 2 aromatic rings. The van der Waals surface area contributed by atoms with Gasteiger partial charge in [0.15, 0.2) is 0 Å². The molecule has 1 heterocycles. The number of aryl methyl sites for hydroxylation is 2. The van der Waals surface area contributed by atoms with Crippen LogP contribution < -0.4 is 5.32 Å². The maximum absolute atomic E-state index is 12.0. The van der Waals surface area contributed by atoms with E-state index in [-0.39, 0.29) is 0 Å². The molecule has 0 fully saturated rings. The van der Waals surface area contributed by atoms with Crippen molar-refractivity contribution in [1.29, 1.82) is 0 Å². The first kappa shape index (κ1) is 13.9. The number of nitrogens with zero attached hydrogens (tertiary/aromatic N) is 1. The van der Waals surface area contributed by atoms with Crippen LogP contribution in [-0.4, -0.2) is 16.7 Å². The summed E-state index contributed by atoms with van der Waals surface area (Å²) in [7, 11) is 0. The zero-order valence-electron chi connectivity index (χ0n) is 11.5. The van der Waals surface area contributed by atoms with E-state index in [2.05, 4.69) is 10.3 Å². The molecule has 0 saturated carbocycles. The lowest BCUT2D eigenvalue weighted by atomic mass is 10.0. The number of hydrogen-bond donors (Lipinski definition) is 1. The van der Waals surface area contributed by atoms with Crippen molar-refractivity contribution in [2.45, 2.75) is 20.4 Å². The van der Waals surface area contributed by atoms with Gasteiger partial charge in [0.1, 0.15) is 0 Å². The van der Waals surface area contributed by atoms with Gasteiger partial charge in [-0.15, -0.1) is 0 Å². The van der Waals surface area contributed by atoms with Crippen molar-refractivity contribution in [3.8, 4) is 0 Å². The van der Waals surface area contributed by atoms with Gasteiger partial charge in [-0.1, -0.05) is 12.1 Å². The summed E-state index contributed by atoms with van der Waals surface area (Å²) in [6.45, 7) is 4.20. The van der Waals surface area contributed by atoms with Crippen LogP contribution in [0.25, 0.3) is 0 Å². The molecule has 4 heteroatoms. The number of pyridine rings is 1. The van der Waals surface area contributed by atoms with Crippen LogP contribution in [0, 0.1) is 13.8 Å². The molecule has 0 aliphatic heterocycles. The second-order valence-electron chi connectivity index (χ2n) is 4.67. The second-order valence-corrected chi connectivity index (χ2v) is 4.67. The molecule has 20 heavy (non-hydrogen) atoms. The summed E-state index contributed by atoms with van der Waals surface area (Å²) in [5, 5.41) is 2.62. The van der Waals surface area contributed by atoms with Crippen LogP contribution in [-0.2, 0) is 11.3 Å². The first-order valence-corrected chi connectivity index (χ1v) is 6.36. The van der Waals surface area contributed by atoms with Crippen LogP contribution in [0.2, 0.25) is 0 Å². The van der Waals surface area contributed by atoms with Gasteiger partial charge >= 0.3 is 0 Å². The van der Waals surface area contributed by atoms with Gasteiger partial charge in [0.05, 0.1) is 0 Å². The third-order valence-corrected chi connectivity index (χ3v) is 3.18. The van der Waals surface area contributed by atoms with Gasteiger partial charge in [-0.3, -0.25) is 14.6 Å². The lowest BCUT2D eigenvalue weighted by Gasteiger charge is -2.06. The Morgan fingerprint density at radius 1 is 1.05 bits per heavy atom. The molecular weight excluding hydrogens is 252 g/mol. The fourth-order valence-corrected chi connectivity index (χ4v) is 1.78. The number of carbonyl (C=O) groups is 2. The largest absolute Gasteiger partial charge is 0.345 e. The molecule has 0 unspecified atom stereocenters. The molecule has 0 bridgehead atoms. The van der Waals surface area contributed by atoms with Crippen molar-refractivity contribution in [1.82, 2.24) is 10.3 Å². The zero-order chi connectivity index (χ0) is 14.5. The van der Waals surface area contributed by atoms with E-state index in [0.717, 1.165) is 16.7 Å². The van der Waals surface area contributed by atoms with Gasteiger partial charge in [0.25, 0.3) is 5.91 Å². The molecule has 0 spiro atoms. The standard InChI is InChI=1S/C16H16N2O2/c1-11-3-4-14(9-12(11)2)15(19)16(20)18-10-13-5-7-17-8-6-13/h3-9H,10H2,1-2H3,(H,18,20). The molecule has 1 aromatic carbocycles. The maximum atomic E-state index is 12.0. The average Bonchev–Trinajstić information content (AvgIpc) is 2.48. The summed E-state index contributed by atoms with van der Waals surface area (Å²) in [4.78, 5) is 27.7.